The van der Waals surface area contributed by atoms with Crippen LogP contribution in [0.3, 0.4) is 0 Å². The number of aromatic nitrogens is 1. The Labute approximate surface area is 171 Å². The Morgan fingerprint density at radius 2 is 1.83 bits per heavy atom. The van der Waals surface area contributed by atoms with Crippen LogP contribution in [0.5, 0.6) is 5.75 Å². The van der Waals surface area contributed by atoms with Crippen molar-refractivity contribution < 1.29 is 18.3 Å². The molecule has 0 unspecified atom stereocenters. The Morgan fingerprint density at radius 1 is 1.03 bits per heavy atom. The Morgan fingerprint density at radius 3 is 2.60 bits per heavy atom. The van der Waals surface area contributed by atoms with E-state index in [1.54, 1.807) is 19.2 Å². The number of aromatic amines is 1. The minimum Gasteiger partial charge on any atom is -0.495 e. The molecule has 4 rings (SSSR count). The molecule has 0 aliphatic rings. The van der Waals surface area contributed by atoms with Crippen molar-refractivity contribution in [3.05, 3.63) is 82.8 Å². The number of nitrogens with zero attached hydrogens (tertiary/aromatic N) is 1. The van der Waals surface area contributed by atoms with Crippen LogP contribution >= 0.6 is 0 Å². The highest BCUT2D eigenvalue weighted by Gasteiger charge is 2.12. The number of rotatable bonds is 6. The highest BCUT2D eigenvalue weighted by Crippen LogP contribution is 2.32. The van der Waals surface area contributed by atoms with Crippen LogP contribution in [0.2, 0.25) is 0 Å². The van der Waals surface area contributed by atoms with Gasteiger partial charge in [0.1, 0.15) is 5.75 Å². The number of H-pyrrole nitrogens is 1. The highest BCUT2D eigenvalue weighted by atomic mass is 19.2. The molecule has 5 nitrogen and oxygen atoms in total. The van der Waals surface area contributed by atoms with Crippen molar-refractivity contribution in [2.45, 2.75) is 6.54 Å². The van der Waals surface area contributed by atoms with E-state index in [-0.39, 0.29) is 0 Å². The molecule has 0 atom stereocenters. The Kier molecular flexibility index (Phi) is 5.18. The van der Waals surface area contributed by atoms with Crippen molar-refractivity contribution in [1.29, 1.82) is 0 Å². The first-order chi connectivity index (χ1) is 14.4. The first-order valence-electron chi connectivity index (χ1n) is 9.34. The molecule has 0 spiro atoms. The molecule has 1 aromatic heterocycles. The summed E-state index contributed by atoms with van der Waals surface area (Å²) in [5, 5.41) is 3.92. The topological polar surface area (TPSA) is 57.1 Å². The van der Waals surface area contributed by atoms with Crippen LogP contribution in [0.1, 0.15) is 5.56 Å². The number of anilines is 1. The lowest BCUT2D eigenvalue weighted by molar-refractivity contribution is -0.428. The summed E-state index contributed by atoms with van der Waals surface area (Å²) < 4.78 is 33.3. The number of nitroso groups, excluding NO2 is 1. The second-order valence-electron chi connectivity index (χ2n) is 6.97. The van der Waals surface area contributed by atoms with Crippen molar-refractivity contribution in [2.75, 3.05) is 19.5 Å². The van der Waals surface area contributed by atoms with Gasteiger partial charge in [-0.3, -0.25) is 0 Å². The molecular formula is C23H20F2N3O2+. The Hall–Kier alpha value is -3.74. The van der Waals surface area contributed by atoms with E-state index in [2.05, 4.69) is 10.3 Å². The minimum atomic E-state index is -0.890. The number of benzene rings is 3. The molecule has 30 heavy (non-hydrogen) atoms. The Balaban J connectivity index is 1.64. The molecule has 0 amide bonds. The average molecular weight is 408 g/mol. The monoisotopic (exact) mass is 408 g/mol. The van der Waals surface area contributed by atoms with Gasteiger partial charge in [0.2, 0.25) is 0 Å². The summed E-state index contributed by atoms with van der Waals surface area (Å²) in [6.07, 6.45) is 0. The fraction of sp³-hybridized carbons (Fsp3) is 0.130. The van der Waals surface area contributed by atoms with Crippen LogP contribution in [0, 0.1) is 16.5 Å². The van der Waals surface area contributed by atoms with Crippen molar-refractivity contribution in [2.24, 2.45) is 0 Å². The van der Waals surface area contributed by atoms with Crippen molar-refractivity contribution >= 4 is 22.3 Å². The third-order valence-electron chi connectivity index (χ3n) is 4.93. The summed E-state index contributed by atoms with van der Waals surface area (Å²) >= 11 is 0. The quantitative estimate of drug-likeness (QED) is 0.398. The molecule has 7 heteroatoms. The number of ether oxygens (including phenoxy) is 1. The first-order valence-corrected chi connectivity index (χ1v) is 9.34. The molecule has 0 aliphatic heterocycles. The van der Waals surface area contributed by atoms with E-state index in [0.717, 1.165) is 33.3 Å². The lowest BCUT2D eigenvalue weighted by Crippen LogP contribution is -2.02. The summed E-state index contributed by atoms with van der Waals surface area (Å²) in [4.78, 5) is 14.6. The fourth-order valence-electron chi connectivity index (χ4n) is 3.36. The van der Waals surface area contributed by atoms with Crippen molar-refractivity contribution in [3.63, 3.8) is 0 Å². The van der Waals surface area contributed by atoms with E-state index in [4.69, 9.17) is 4.74 Å². The van der Waals surface area contributed by atoms with Gasteiger partial charge in [-0.05, 0) is 35.9 Å². The first kappa shape index (κ1) is 19.6. The average Bonchev–Trinajstić information content (AvgIpc) is 3.15. The van der Waals surface area contributed by atoms with Gasteiger partial charge >= 0.3 is 0 Å². The van der Waals surface area contributed by atoms with Gasteiger partial charge in [0.05, 0.1) is 12.8 Å². The summed E-state index contributed by atoms with van der Waals surface area (Å²) in [7, 11) is 3.04. The summed E-state index contributed by atoms with van der Waals surface area (Å²) in [5.74, 6) is -1.11. The van der Waals surface area contributed by atoms with Crippen molar-refractivity contribution in [1.82, 2.24) is 4.98 Å². The zero-order valence-corrected chi connectivity index (χ0v) is 16.5. The second-order valence-corrected chi connectivity index (χ2v) is 6.97. The van der Waals surface area contributed by atoms with Gasteiger partial charge in [-0.25, -0.2) is 8.78 Å². The van der Waals surface area contributed by atoms with E-state index < -0.39 is 11.6 Å². The molecule has 0 bridgehead atoms. The van der Waals surface area contributed by atoms with Crippen LogP contribution in [0.15, 0.2) is 60.7 Å². The van der Waals surface area contributed by atoms with Crippen LogP contribution in [-0.4, -0.2) is 23.9 Å². The summed E-state index contributed by atoms with van der Waals surface area (Å²) in [6.45, 7) is 0.491. The standard InChI is InChI=1S/C23H20F2N3O2/c1-28(29)17-5-3-4-14(8-17)13-26-22-10-15(6-7-23(22)30-2)20-11-16-9-18(24)19(25)12-21(16)27-20/h3-12,26-27H,13H2,1-2H3/q+1. The summed E-state index contributed by atoms with van der Waals surface area (Å²) in [5.41, 5.74) is 4.37. The lowest BCUT2D eigenvalue weighted by Gasteiger charge is -2.13. The van der Waals surface area contributed by atoms with Gasteiger partial charge in [0.15, 0.2) is 18.7 Å². The molecule has 0 radical (unpaired) electrons. The molecule has 0 aliphatic carbocycles. The normalized spacial score (nSPS) is 10.9. The molecule has 0 saturated heterocycles. The van der Waals surface area contributed by atoms with Gasteiger partial charge < -0.3 is 15.0 Å². The Bertz CT molecular complexity index is 1210. The number of fused-ring (bicyclic) bond motifs is 1. The van der Waals surface area contributed by atoms with Crippen molar-refractivity contribution in [3.8, 4) is 17.0 Å². The highest BCUT2D eigenvalue weighted by molar-refractivity contribution is 5.86. The molecule has 3 aromatic carbocycles. The third kappa shape index (κ3) is 3.87. The maximum atomic E-state index is 13.5. The fourth-order valence-corrected chi connectivity index (χ4v) is 3.36. The molecule has 152 valence electrons. The number of nitrogens with one attached hydrogen (secondary N) is 2. The lowest BCUT2D eigenvalue weighted by atomic mass is 10.1. The van der Waals surface area contributed by atoms with Crippen LogP contribution in [0.25, 0.3) is 22.2 Å². The minimum absolute atomic E-state index is 0.491. The molecule has 0 saturated carbocycles. The van der Waals surface area contributed by atoms with Gasteiger partial charge in [-0.1, -0.05) is 12.1 Å². The van der Waals surface area contributed by atoms with E-state index >= 15 is 0 Å². The number of halogens is 2. The van der Waals surface area contributed by atoms with E-state index in [1.165, 1.54) is 13.1 Å². The number of hydrogen-bond donors (Lipinski definition) is 2. The molecule has 2 N–H and O–H groups in total. The SMILES string of the molecule is COc1ccc(-c2cc3cc(F)c(F)cc3[nH]2)cc1NCc1cccc([N+](C)=O)c1. The smallest absolute Gasteiger partial charge is 0.255 e. The molecule has 4 aromatic rings. The zero-order chi connectivity index (χ0) is 21.3. The summed E-state index contributed by atoms with van der Waals surface area (Å²) in [6, 6.07) is 17.0. The number of hydrogen-bond acceptors (Lipinski definition) is 3. The number of methoxy groups -OCH3 is 1. The predicted molar refractivity (Wildman–Crippen MR) is 113 cm³/mol. The largest absolute Gasteiger partial charge is 0.495 e. The van der Waals surface area contributed by atoms with E-state index in [9.17, 15) is 13.7 Å². The zero-order valence-electron chi connectivity index (χ0n) is 16.5. The predicted octanol–water partition coefficient (Wildman–Crippen LogP) is 5.77. The van der Waals surface area contributed by atoms with E-state index in [1.807, 2.05) is 36.4 Å². The third-order valence-corrected chi connectivity index (χ3v) is 4.93. The van der Waals surface area contributed by atoms with E-state index in [0.29, 0.717) is 28.9 Å². The maximum Gasteiger partial charge on any atom is 0.255 e. The van der Waals surface area contributed by atoms with Gasteiger partial charge in [0.25, 0.3) is 5.69 Å². The van der Waals surface area contributed by atoms with Gasteiger partial charge in [0, 0.05) is 56.6 Å². The van der Waals surface area contributed by atoms with Crippen LogP contribution < -0.4 is 10.1 Å². The molecular weight excluding hydrogens is 388 g/mol. The van der Waals surface area contributed by atoms with Gasteiger partial charge in [-0.2, -0.15) is 0 Å². The maximum absolute atomic E-state index is 13.5. The van der Waals surface area contributed by atoms with Crippen LogP contribution in [-0.2, 0) is 6.54 Å². The molecule has 0 fully saturated rings. The second kappa shape index (κ2) is 7.94. The van der Waals surface area contributed by atoms with Gasteiger partial charge in [-0.15, -0.1) is 0 Å². The van der Waals surface area contributed by atoms with Crippen LogP contribution in [0.4, 0.5) is 20.2 Å². The molecule has 1 heterocycles.